The van der Waals surface area contributed by atoms with Gasteiger partial charge in [-0.05, 0) is 56.6 Å². The monoisotopic (exact) mass is 580 g/mol. The molecule has 214 valence electrons. The molecule has 0 spiro atoms. The molecule has 10 nitrogen and oxygen atoms in total. The van der Waals surface area contributed by atoms with E-state index in [-0.39, 0.29) is 18.6 Å². The second-order valence-corrected chi connectivity index (χ2v) is 10.8. The standard InChI is InChI=1S/C29H30ClFN6O4/c30-20-5-4-19(23(31)12-20)17-41-27-3-1-2-24(35-27)18-6-9-36(10-7-18)16-26-34-25-13-21(33-29(38)39)14-32-28(25)37(26)15-22-8-11-40-22/h1-5,12-14,18,22,33H,6-11,15-17H2,(H,38,39)/t22-/m0/s1. The second kappa shape index (κ2) is 12.0. The molecule has 6 rings (SSSR count). The highest BCUT2D eigenvalue weighted by molar-refractivity contribution is 6.30. The quantitative estimate of drug-likeness (QED) is 0.268. The Morgan fingerprint density at radius 3 is 2.73 bits per heavy atom. The molecule has 12 heteroatoms. The Labute approximate surface area is 241 Å². The number of carbonyl (C=O) groups is 1. The predicted molar refractivity (Wildman–Crippen MR) is 151 cm³/mol. The minimum Gasteiger partial charge on any atom is -0.473 e. The first kappa shape index (κ1) is 27.4. The van der Waals surface area contributed by atoms with E-state index in [1.54, 1.807) is 24.3 Å². The Kier molecular flexibility index (Phi) is 8.00. The summed E-state index contributed by atoms with van der Waals surface area (Å²) in [7, 11) is 0. The maximum Gasteiger partial charge on any atom is 0.409 e. The molecule has 0 radical (unpaired) electrons. The minimum atomic E-state index is -1.14. The summed E-state index contributed by atoms with van der Waals surface area (Å²) in [6, 6.07) is 12.0. The first-order valence-electron chi connectivity index (χ1n) is 13.6. The van der Waals surface area contributed by atoms with Crippen molar-refractivity contribution in [2.75, 3.05) is 25.0 Å². The average molecular weight is 581 g/mol. The molecule has 0 unspecified atom stereocenters. The van der Waals surface area contributed by atoms with Crippen LogP contribution in [0.2, 0.25) is 5.02 Å². The molecule has 5 heterocycles. The summed E-state index contributed by atoms with van der Waals surface area (Å²) in [4.78, 5) is 27.5. The normalized spacial score (nSPS) is 17.9. The van der Waals surface area contributed by atoms with Crippen molar-refractivity contribution in [3.05, 3.63) is 76.6 Å². The number of hydrogen-bond donors (Lipinski definition) is 2. The van der Waals surface area contributed by atoms with Gasteiger partial charge >= 0.3 is 6.09 Å². The number of piperidine rings is 1. The van der Waals surface area contributed by atoms with Crippen molar-refractivity contribution in [2.24, 2.45) is 0 Å². The number of nitrogens with zero attached hydrogens (tertiary/aromatic N) is 5. The maximum absolute atomic E-state index is 14.1. The number of hydrogen-bond acceptors (Lipinski definition) is 7. The average Bonchev–Trinajstić information content (AvgIpc) is 3.26. The SMILES string of the molecule is O=C(O)Nc1cnc2c(c1)nc(CN1CCC(c3cccc(OCc4ccc(Cl)cc4F)n3)CC1)n2C[C@@H]1CCO1. The number of rotatable bonds is 9. The number of benzene rings is 1. The molecule has 0 aliphatic carbocycles. The number of imidazole rings is 1. The molecule has 0 bridgehead atoms. The van der Waals surface area contributed by atoms with Crippen molar-refractivity contribution in [3.63, 3.8) is 0 Å². The molecule has 2 aliphatic rings. The first-order valence-corrected chi connectivity index (χ1v) is 14.0. The van der Waals surface area contributed by atoms with Crippen molar-refractivity contribution in [3.8, 4) is 5.88 Å². The fraction of sp³-hybridized carbons (Fsp3) is 0.379. The number of ether oxygens (including phenoxy) is 2. The third kappa shape index (κ3) is 6.42. The summed E-state index contributed by atoms with van der Waals surface area (Å²) in [5, 5.41) is 11.8. The van der Waals surface area contributed by atoms with E-state index in [1.807, 2.05) is 12.1 Å². The van der Waals surface area contributed by atoms with Crippen LogP contribution >= 0.6 is 11.6 Å². The number of aromatic nitrogens is 4. The molecule has 2 aliphatic heterocycles. The fourth-order valence-electron chi connectivity index (χ4n) is 5.31. The third-order valence-corrected chi connectivity index (χ3v) is 7.84. The first-order chi connectivity index (χ1) is 19.9. The molecule has 41 heavy (non-hydrogen) atoms. The number of nitrogens with one attached hydrogen (secondary N) is 1. The van der Waals surface area contributed by atoms with Gasteiger partial charge in [0.2, 0.25) is 5.88 Å². The van der Waals surface area contributed by atoms with Crippen LogP contribution in [0, 0.1) is 5.82 Å². The highest BCUT2D eigenvalue weighted by Crippen LogP contribution is 2.30. The Morgan fingerprint density at radius 2 is 2.00 bits per heavy atom. The molecule has 1 amide bonds. The Morgan fingerprint density at radius 1 is 1.17 bits per heavy atom. The van der Waals surface area contributed by atoms with E-state index in [1.165, 1.54) is 12.3 Å². The van der Waals surface area contributed by atoms with Crippen LogP contribution in [0.25, 0.3) is 11.2 Å². The smallest absolute Gasteiger partial charge is 0.409 e. The zero-order valence-corrected chi connectivity index (χ0v) is 23.1. The predicted octanol–water partition coefficient (Wildman–Crippen LogP) is 5.46. The molecule has 2 saturated heterocycles. The van der Waals surface area contributed by atoms with Crippen molar-refractivity contribution < 1.29 is 23.8 Å². The largest absolute Gasteiger partial charge is 0.473 e. The van der Waals surface area contributed by atoms with Gasteiger partial charge in [-0.25, -0.2) is 24.1 Å². The molecule has 3 aromatic heterocycles. The van der Waals surface area contributed by atoms with Crippen molar-refractivity contribution >= 4 is 34.5 Å². The van der Waals surface area contributed by atoms with Crippen LogP contribution in [-0.2, 0) is 24.4 Å². The molecule has 4 aromatic rings. The van der Waals surface area contributed by atoms with Crippen LogP contribution in [0.4, 0.5) is 14.9 Å². The van der Waals surface area contributed by atoms with E-state index in [4.69, 9.17) is 36.1 Å². The lowest BCUT2D eigenvalue weighted by atomic mass is 9.93. The van der Waals surface area contributed by atoms with Gasteiger partial charge in [0.1, 0.15) is 23.8 Å². The van der Waals surface area contributed by atoms with E-state index in [2.05, 4.69) is 19.8 Å². The van der Waals surface area contributed by atoms with Crippen LogP contribution in [0.5, 0.6) is 5.88 Å². The molecular formula is C29H30ClFN6O4. The number of pyridine rings is 2. The van der Waals surface area contributed by atoms with Gasteiger partial charge in [-0.2, -0.15) is 0 Å². The maximum atomic E-state index is 14.1. The van der Waals surface area contributed by atoms with E-state index >= 15 is 0 Å². The second-order valence-electron chi connectivity index (χ2n) is 10.4. The van der Waals surface area contributed by atoms with Gasteiger partial charge in [0.25, 0.3) is 0 Å². The zero-order chi connectivity index (χ0) is 28.3. The van der Waals surface area contributed by atoms with Crippen LogP contribution in [0.15, 0.2) is 48.7 Å². The summed E-state index contributed by atoms with van der Waals surface area (Å²) >= 11 is 5.84. The number of anilines is 1. The number of carboxylic acid groups (broad SMARTS) is 1. The molecule has 2 fully saturated rings. The van der Waals surface area contributed by atoms with Crippen molar-refractivity contribution in [1.29, 1.82) is 0 Å². The Balaban J connectivity index is 1.10. The topological polar surface area (TPSA) is 115 Å². The van der Waals surface area contributed by atoms with E-state index < -0.39 is 11.9 Å². The molecular weight excluding hydrogens is 551 g/mol. The van der Waals surface area contributed by atoms with Crippen LogP contribution in [0.3, 0.4) is 0 Å². The molecule has 2 N–H and O–H groups in total. The highest BCUT2D eigenvalue weighted by atomic mass is 35.5. The summed E-state index contributed by atoms with van der Waals surface area (Å²) in [5.41, 5.74) is 3.16. The van der Waals surface area contributed by atoms with Crippen LogP contribution in [0.1, 0.15) is 42.3 Å². The third-order valence-electron chi connectivity index (χ3n) is 7.60. The van der Waals surface area contributed by atoms with Crippen molar-refractivity contribution in [2.45, 2.75) is 51.0 Å². The fourth-order valence-corrected chi connectivity index (χ4v) is 5.47. The summed E-state index contributed by atoms with van der Waals surface area (Å²) < 4.78 is 27.7. The van der Waals surface area contributed by atoms with Gasteiger partial charge in [0.05, 0.1) is 31.1 Å². The molecule has 1 atom stereocenters. The highest BCUT2D eigenvalue weighted by Gasteiger charge is 2.26. The van der Waals surface area contributed by atoms with Gasteiger partial charge in [0, 0.05) is 34.9 Å². The lowest BCUT2D eigenvalue weighted by molar-refractivity contribution is -0.0593. The van der Waals surface area contributed by atoms with Gasteiger partial charge in [-0.1, -0.05) is 23.7 Å². The lowest BCUT2D eigenvalue weighted by Gasteiger charge is -2.32. The van der Waals surface area contributed by atoms with Gasteiger partial charge in [-0.3, -0.25) is 10.2 Å². The number of halogens is 2. The number of likely N-dealkylation sites (tertiary alicyclic amines) is 1. The minimum absolute atomic E-state index is 0.0769. The lowest BCUT2D eigenvalue weighted by Crippen LogP contribution is -2.35. The van der Waals surface area contributed by atoms with E-state index in [0.29, 0.717) is 40.8 Å². The van der Waals surface area contributed by atoms with Crippen molar-refractivity contribution in [1.82, 2.24) is 24.4 Å². The van der Waals surface area contributed by atoms with Crippen LogP contribution in [-0.4, -0.2) is 61.4 Å². The molecule has 1 aromatic carbocycles. The van der Waals surface area contributed by atoms with Crippen LogP contribution < -0.4 is 10.1 Å². The van der Waals surface area contributed by atoms with E-state index in [0.717, 1.165) is 56.1 Å². The molecule has 0 saturated carbocycles. The number of amides is 1. The Bertz CT molecular complexity index is 1550. The summed E-state index contributed by atoms with van der Waals surface area (Å²) in [6.07, 6.45) is 3.36. The zero-order valence-electron chi connectivity index (χ0n) is 22.3. The van der Waals surface area contributed by atoms with Gasteiger partial charge < -0.3 is 19.1 Å². The number of fused-ring (bicyclic) bond motifs is 1. The summed E-state index contributed by atoms with van der Waals surface area (Å²) in [6.45, 7) is 3.90. The van der Waals surface area contributed by atoms with Gasteiger partial charge in [-0.15, -0.1) is 0 Å². The van der Waals surface area contributed by atoms with Gasteiger partial charge in [0.15, 0.2) is 5.65 Å². The Hall–Kier alpha value is -3.80. The van der Waals surface area contributed by atoms with E-state index in [9.17, 15) is 9.18 Å². The summed E-state index contributed by atoms with van der Waals surface area (Å²) in [5.74, 6) is 1.24.